The van der Waals surface area contributed by atoms with E-state index in [-0.39, 0.29) is 0 Å². The second kappa shape index (κ2) is 6.51. The smallest absolute Gasteiger partial charge is 0.341 e. The predicted molar refractivity (Wildman–Crippen MR) is 71.0 cm³/mol. The van der Waals surface area contributed by atoms with Crippen molar-refractivity contribution in [3.8, 4) is 0 Å². The number of esters is 1. The van der Waals surface area contributed by atoms with E-state index in [0.29, 0.717) is 24.4 Å². The van der Waals surface area contributed by atoms with Gasteiger partial charge in [-0.25, -0.2) is 4.79 Å². The first-order valence-electron chi connectivity index (χ1n) is 5.77. The van der Waals surface area contributed by atoms with Crippen LogP contribution >= 0.6 is 11.3 Å². The lowest BCUT2D eigenvalue weighted by molar-refractivity contribution is 0.0600. The first-order valence-corrected chi connectivity index (χ1v) is 6.71. The minimum Gasteiger partial charge on any atom is -0.467 e. The van der Waals surface area contributed by atoms with Crippen molar-refractivity contribution in [2.24, 2.45) is 0 Å². The van der Waals surface area contributed by atoms with E-state index in [2.05, 4.69) is 10.1 Å². The third-order valence-electron chi connectivity index (χ3n) is 2.64. The van der Waals surface area contributed by atoms with Gasteiger partial charge in [-0.2, -0.15) is 11.3 Å². The zero-order valence-corrected chi connectivity index (χ0v) is 11.3. The molecule has 0 bridgehead atoms. The number of methoxy groups -OCH3 is 1. The molecular weight excluding hydrogens is 266 g/mol. The highest BCUT2D eigenvalue weighted by atomic mass is 32.1. The van der Waals surface area contributed by atoms with Crippen LogP contribution in [0.5, 0.6) is 0 Å². The zero-order valence-electron chi connectivity index (χ0n) is 10.5. The Labute approximate surface area is 114 Å². The summed E-state index contributed by atoms with van der Waals surface area (Å²) in [4.78, 5) is 11.2. The zero-order chi connectivity index (χ0) is 13.7. The number of rotatable bonds is 6. The molecule has 0 radical (unpaired) electrons. The fourth-order valence-corrected chi connectivity index (χ4v) is 2.32. The molecule has 1 unspecified atom stereocenters. The van der Waals surface area contributed by atoms with Crippen LogP contribution in [0.15, 0.2) is 33.6 Å². The van der Waals surface area contributed by atoms with Gasteiger partial charge in [0.1, 0.15) is 12.0 Å². The third kappa shape index (κ3) is 3.66. The molecule has 0 aliphatic heterocycles. The molecule has 5 nitrogen and oxygen atoms in total. The largest absolute Gasteiger partial charge is 0.467 e. The number of furan rings is 1. The van der Waals surface area contributed by atoms with Crippen molar-refractivity contribution >= 4 is 17.3 Å². The van der Waals surface area contributed by atoms with Gasteiger partial charge in [0, 0.05) is 6.54 Å². The van der Waals surface area contributed by atoms with Gasteiger partial charge in [0.05, 0.1) is 25.3 Å². The van der Waals surface area contributed by atoms with E-state index in [1.54, 1.807) is 17.4 Å². The molecule has 0 aliphatic rings. The summed E-state index contributed by atoms with van der Waals surface area (Å²) in [5.41, 5.74) is 1.28. The summed E-state index contributed by atoms with van der Waals surface area (Å²) in [6.45, 7) is 0.864. The number of nitrogens with one attached hydrogen (secondary N) is 1. The van der Waals surface area contributed by atoms with Crippen molar-refractivity contribution in [1.82, 2.24) is 5.32 Å². The maximum Gasteiger partial charge on any atom is 0.341 e. The minimum atomic E-state index is -0.540. The van der Waals surface area contributed by atoms with Crippen LogP contribution in [-0.4, -0.2) is 24.7 Å². The highest BCUT2D eigenvalue weighted by Gasteiger charge is 2.11. The van der Waals surface area contributed by atoms with E-state index < -0.39 is 12.1 Å². The molecule has 0 spiro atoms. The summed E-state index contributed by atoms with van der Waals surface area (Å²) in [6, 6.07) is 3.51. The summed E-state index contributed by atoms with van der Waals surface area (Å²) in [6.07, 6.45) is 0.819. The topological polar surface area (TPSA) is 71.7 Å². The van der Waals surface area contributed by atoms with Crippen LogP contribution in [-0.2, 0) is 11.3 Å². The van der Waals surface area contributed by atoms with Crippen molar-refractivity contribution in [3.05, 3.63) is 46.0 Å². The Hall–Kier alpha value is -1.63. The number of hydrogen-bond donors (Lipinski definition) is 2. The normalized spacial score (nSPS) is 12.3. The van der Waals surface area contributed by atoms with Crippen LogP contribution in [0.2, 0.25) is 0 Å². The van der Waals surface area contributed by atoms with E-state index in [0.717, 1.165) is 5.56 Å². The van der Waals surface area contributed by atoms with Gasteiger partial charge < -0.3 is 19.6 Å². The van der Waals surface area contributed by atoms with Crippen molar-refractivity contribution in [2.45, 2.75) is 12.6 Å². The van der Waals surface area contributed by atoms with Crippen LogP contribution < -0.4 is 5.32 Å². The van der Waals surface area contributed by atoms with Crippen LogP contribution in [0.3, 0.4) is 0 Å². The number of ether oxygens (including phenoxy) is 1. The molecule has 1 atom stereocenters. The standard InChI is InChI=1S/C13H15NO4S/c1-17-13(16)10-4-11(18-7-10)5-14-6-12(15)9-2-3-19-8-9/h2-4,7-8,12,14-15H,5-6H2,1H3. The van der Waals surface area contributed by atoms with Crippen molar-refractivity contribution < 1.29 is 19.1 Å². The van der Waals surface area contributed by atoms with E-state index >= 15 is 0 Å². The molecule has 102 valence electrons. The summed E-state index contributed by atoms with van der Waals surface area (Å²) < 4.78 is 9.80. The van der Waals surface area contributed by atoms with E-state index in [1.165, 1.54) is 13.4 Å². The lowest BCUT2D eigenvalue weighted by Crippen LogP contribution is -2.20. The van der Waals surface area contributed by atoms with Crippen LogP contribution in [0.1, 0.15) is 27.8 Å². The van der Waals surface area contributed by atoms with Crippen LogP contribution in [0.25, 0.3) is 0 Å². The highest BCUT2D eigenvalue weighted by molar-refractivity contribution is 7.07. The van der Waals surface area contributed by atoms with E-state index in [4.69, 9.17) is 4.42 Å². The highest BCUT2D eigenvalue weighted by Crippen LogP contribution is 2.15. The van der Waals surface area contributed by atoms with Gasteiger partial charge in [-0.15, -0.1) is 0 Å². The second-order valence-electron chi connectivity index (χ2n) is 4.00. The maximum atomic E-state index is 11.2. The SMILES string of the molecule is COC(=O)c1coc(CNCC(O)c2ccsc2)c1. The molecule has 2 aromatic rings. The fraction of sp³-hybridized carbons (Fsp3) is 0.308. The molecule has 2 N–H and O–H groups in total. The lowest BCUT2D eigenvalue weighted by Gasteiger charge is -2.09. The number of aliphatic hydroxyl groups excluding tert-OH is 1. The Balaban J connectivity index is 1.79. The Kier molecular flexibility index (Phi) is 4.73. The molecule has 0 aromatic carbocycles. The number of hydrogen-bond acceptors (Lipinski definition) is 6. The minimum absolute atomic E-state index is 0.387. The van der Waals surface area contributed by atoms with E-state index in [1.807, 2.05) is 16.8 Å². The van der Waals surface area contributed by atoms with Crippen molar-refractivity contribution in [1.29, 1.82) is 0 Å². The summed E-state index contributed by atoms with van der Waals surface area (Å²) in [5, 5.41) is 16.8. The second-order valence-corrected chi connectivity index (χ2v) is 4.78. The predicted octanol–water partition coefficient (Wildman–Crippen LogP) is 1.95. The van der Waals surface area contributed by atoms with Gasteiger partial charge in [-0.05, 0) is 28.5 Å². The van der Waals surface area contributed by atoms with Crippen LogP contribution in [0, 0.1) is 0 Å². The van der Waals surface area contributed by atoms with Crippen LogP contribution in [0.4, 0.5) is 0 Å². The van der Waals surface area contributed by atoms with Gasteiger partial charge in [-0.3, -0.25) is 0 Å². The van der Waals surface area contributed by atoms with Gasteiger partial charge in [0.2, 0.25) is 0 Å². The maximum absolute atomic E-state index is 11.2. The molecule has 0 aliphatic carbocycles. The molecule has 0 saturated heterocycles. The van der Waals surface area contributed by atoms with Gasteiger partial charge >= 0.3 is 5.97 Å². The Morgan fingerprint density at radius 3 is 3.16 bits per heavy atom. The molecule has 19 heavy (non-hydrogen) atoms. The molecule has 2 rings (SSSR count). The Morgan fingerprint density at radius 2 is 2.47 bits per heavy atom. The van der Waals surface area contributed by atoms with Gasteiger partial charge in [0.15, 0.2) is 0 Å². The number of aliphatic hydroxyl groups is 1. The summed E-state index contributed by atoms with van der Waals surface area (Å²) >= 11 is 1.55. The average Bonchev–Trinajstić information content (AvgIpc) is 3.08. The molecule has 2 heterocycles. The van der Waals surface area contributed by atoms with Crippen molar-refractivity contribution in [2.75, 3.05) is 13.7 Å². The summed E-state index contributed by atoms with van der Waals surface area (Å²) in [5.74, 6) is 0.200. The molecule has 2 aromatic heterocycles. The lowest BCUT2D eigenvalue weighted by atomic mass is 10.2. The quantitative estimate of drug-likeness (QED) is 0.792. The van der Waals surface area contributed by atoms with E-state index in [9.17, 15) is 9.90 Å². The first kappa shape index (κ1) is 13.8. The number of carbonyl (C=O) groups is 1. The van der Waals surface area contributed by atoms with Gasteiger partial charge in [0.25, 0.3) is 0 Å². The third-order valence-corrected chi connectivity index (χ3v) is 3.34. The Morgan fingerprint density at radius 1 is 1.63 bits per heavy atom. The van der Waals surface area contributed by atoms with Gasteiger partial charge in [-0.1, -0.05) is 0 Å². The monoisotopic (exact) mass is 281 g/mol. The fourth-order valence-electron chi connectivity index (χ4n) is 1.61. The molecular formula is C13H15NO4S. The molecule has 0 amide bonds. The molecule has 6 heteroatoms. The average molecular weight is 281 g/mol. The number of thiophene rings is 1. The Bertz CT molecular complexity index is 520. The molecule has 0 fully saturated rings. The molecule has 0 saturated carbocycles. The first-order chi connectivity index (χ1) is 9.20. The van der Waals surface area contributed by atoms with Crippen molar-refractivity contribution in [3.63, 3.8) is 0 Å². The summed E-state index contributed by atoms with van der Waals surface area (Å²) in [7, 11) is 1.32. The number of carbonyl (C=O) groups excluding carboxylic acids is 1.